The van der Waals surface area contributed by atoms with E-state index in [1.807, 2.05) is 54.6 Å². The molecule has 0 aliphatic carbocycles. The Morgan fingerprint density at radius 2 is 1.48 bits per heavy atom. The zero-order valence-electron chi connectivity index (χ0n) is 18.0. The van der Waals surface area contributed by atoms with Gasteiger partial charge in [-0.05, 0) is 58.0 Å². The van der Waals surface area contributed by atoms with Crippen molar-refractivity contribution in [1.82, 2.24) is 0 Å². The van der Waals surface area contributed by atoms with Crippen LogP contribution < -0.4 is 10.4 Å². The van der Waals surface area contributed by atoms with Gasteiger partial charge in [-0.1, -0.05) is 78.9 Å². The Labute approximate surface area is 191 Å². The van der Waals surface area contributed by atoms with E-state index in [0.717, 1.165) is 39.8 Å². The second-order valence-corrected chi connectivity index (χ2v) is 8.50. The Bertz CT molecular complexity index is 1520. The van der Waals surface area contributed by atoms with E-state index in [1.54, 1.807) is 6.07 Å². The van der Waals surface area contributed by atoms with Crippen molar-refractivity contribution in [3.8, 4) is 28.0 Å². The average Bonchev–Trinajstić information content (AvgIpc) is 2.88. The molecule has 2 heterocycles. The van der Waals surface area contributed by atoms with Crippen molar-refractivity contribution in [3.63, 3.8) is 0 Å². The highest BCUT2D eigenvalue weighted by Gasteiger charge is 2.21. The van der Waals surface area contributed by atoms with Crippen molar-refractivity contribution < 1.29 is 9.15 Å². The van der Waals surface area contributed by atoms with Crippen LogP contribution in [0, 0.1) is 0 Å². The van der Waals surface area contributed by atoms with Gasteiger partial charge in [0.05, 0.1) is 6.61 Å². The molecule has 1 aliphatic heterocycles. The first kappa shape index (κ1) is 19.6. The number of hydrogen-bond acceptors (Lipinski definition) is 3. The van der Waals surface area contributed by atoms with Gasteiger partial charge in [0.2, 0.25) is 0 Å². The van der Waals surface area contributed by atoms with E-state index >= 15 is 0 Å². The summed E-state index contributed by atoms with van der Waals surface area (Å²) >= 11 is 0. The predicted molar refractivity (Wildman–Crippen MR) is 132 cm³/mol. The molecule has 0 bridgehead atoms. The molecule has 0 saturated carbocycles. The molecule has 0 N–H and O–H groups in total. The van der Waals surface area contributed by atoms with E-state index < -0.39 is 0 Å². The predicted octanol–water partition coefficient (Wildman–Crippen LogP) is 6.85. The van der Waals surface area contributed by atoms with Crippen molar-refractivity contribution in [2.45, 2.75) is 12.3 Å². The van der Waals surface area contributed by atoms with Gasteiger partial charge in [0.1, 0.15) is 11.3 Å². The van der Waals surface area contributed by atoms with Gasteiger partial charge in [-0.15, -0.1) is 0 Å². The van der Waals surface area contributed by atoms with Crippen molar-refractivity contribution in [1.29, 1.82) is 0 Å². The van der Waals surface area contributed by atoms with E-state index in [-0.39, 0.29) is 5.63 Å². The van der Waals surface area contributed by atoms with E-state index in [4.69, 9.17) is 9.15 Å². The Kier molecular flexibility index (Phi) is 4.80. The summed E-state index contributed by atoms with van der Waals surface area (Å²) < 4.78 is 11.5. The first-order valence-electron chi connectivity index (χ1n) is 11.2. The zero-order chi connectivity index (χ0) is 22.2. The molecule has 3 nitrogen and oxygen atoms in total. The van der Waals surface area contributed by atoms with Crippen LogP contribution in [-0.4, -0.2) is 6.61 Å². The standard InChI is InChI=1S/C30H22O3/c31-30-18-26(20-7-2-1-3-8-20)27-17-23(13-14-29(27)33-30)21-10-6-11-22(15-21)25-16-24-9-4-5-12-28(24)32-19-25/h1-15,17-18,25H,16,19H2. The molecule has 0 radical (unpaired) electrons. The molecule has 1 unspecified atom stereocenters. The SMILES string of the molecule is O=c1cc(-c2ccccc2)c2cc(-c3cccc(C4COc5ccccc5C4)c3)ccc2o1. The van der Waals surface area contributed by atoms with E-state index in [1.165, 1.54) is 11.1 Å². The molecule has 1 aliphatic rings. The molecule has 0 spiro atoms. The highest BCUT2D eigenvalue weighted by Crippen LogP contribution is 2.35. The number of rotatable bonds is 3. The van der Waals surface area contributed by atoms with Crippen LogP contribution in [0.25, 0.3) is 33.2 Å². The second-order valence-electron chi connectivity index (χ2n) is 8.50. The highest BCUT2D eigenvalue weighted by atomic mass is 16.5. The van der Waals surface area contributed by atoms with Crippen LogP contribution in [0.3, 0.4) is 0 Å². The fourth-order valence-electron chi connectivity index (χ4n) is 4.71. The first-order valence-corrected chi connectivity index (χ1v) is 11.2. The smallest absolute Gasteiger partial charge is 0.336 e. The third-order valence-corrected chi connectivity index (χ3v) is 6.40. The molecule has 0 saturated heterocycles. The minimum Gasteiger partial charge on any atom is -0.493 e. The zero-order valence-corrected chi connectivity index (χ0v) is 18.0. The van der Waals surface area contributed by atoms with Crippen molar-refractivity contribution in [2.75, 3.05) is 6.61 Å². The van der Waals surface area contributed by atoms with Crippen molar-refractivity contribution in [2.24, 2.45) is 0 Å². The van der Waals surface area contributed by atoms with Crippen LogP contribution in [-0.2, 0) is 6.42 Å². The minimum atomic E-state index is -0.339. The molecule has 160 valence electrons. The van der Waals surface area contributed by atoms with Crippen LogP contribution in [0.1, 0.15) is 17.0 Å². The van der Waals surface area contributed by atoms with Gasteiger partial charge in [0.25, 0.3) is 0 Å². The molecule has 6 rings (SSSR count). The maximum atomic E-state index is 12.2. The molecule has 0 amide bonds. The fraction of sp³-hybridized carbons (Fsp3) is 0.100. The monoisotopic (exact) mass is 430 g/mol. The third kappa shape index (κ3) is 3.72. The Morgan fingerprint density at radius 3 is 2.39 bits per heavy atom. The summed E-state index contributed by atoms with van der Waals surface area (Å²) in [5.41, 5.74) is 6.90. The van der Waals surface area contributed by atoms with E-state index in [2.05, 4.69) is 42.5 Å². The summed E-state index contributed by atoms with van der Waals surface area (Å²) in [6, 6.07) is 34.5. The van der Waals surface area contributed by atoms with Crippen LogP contribution in [0.2, 0.25) is 0 Å². The quantitative estimate of drug-likeness (QED) is 0.294. The second kappa shape index (κ2) is 8.10. The summed E-state index contributed by atoms with van der Waals surface area (Å²) in [4.78, 5) is 12.2. The lowest BCUT2D eigenvalue weighted by atomic mass is 9.88. The maximum Gasteiger partial charge on any atom is 0.336 e. The van der Waals surface area contributed by atoms with Crippen molar-refractivity contribution in [3.05, 3.63) is 125 Å². The van der Waals surface area contributed by atoms with E-state index in [0.29, 0.717) is 18.1 Å². The molecule has 1 aromatic heterocycles. The Hall–Kier alpha value is -4.11. The van der Waals surface area contributed by atoms with Crippen molar-refractivity contribution >= 4 is 11.0 Å². The fourth-order valence-corrected chi connectivity index (χ4v) is 4.71. The Balaban J connectivity index is 1.41. The van der Waals surface area contributed by atoms with Gasteiger partial charge >= 0.3 is 5.63 Å². The van der Waals surface area contributed by atoms with Gasteiger partial charge in [0.15, 0.2) is 0 Å². The van der Waals surface area contributed by atoms with Gasteiger partial charge in [-0.3, -0.25) is 0 Å². The molecule has 0 fully saturated rings. The molecule has 4 aromatic carbocycles. The topological polar surface area (TPSA) is 39.4 Å². The number of ether oxygens (including phenoxy) is 1. The van der Waals surface area contributed by atoms with Gasteiger partial charge < -0.3 is 9.15 Å². The minimum absolute atomic E-state index is 0.318. The van der Waals surface area contributed by atoms with Gasteiger partial charge in [-0.2, -0.15) is 0 Å². The van der Waals surface area contributed by atoms with E-state index in [9.17, 15) is 4.79 Å². The van der Waals surface area contributed by atoms with Gasteiger partial charge in [0, 0.05) is 17.4 Å². The number of fused-ring (bicyclic) bond motifs is 2. The number of hydrogen-bond donors (Lipinski definition) is 0. The molecule has 33 heavy (non-hydrogen) atoms. The molecule has 5 aromatic rings. The normalized spacial score (nSPS) is 15.1. The number of benzene rings is 4. The maximum absolute atomic E-state index is 12.2. The molecular formula is C30H22O3. The molecule has 1 atom stereocenters. The largest absolute Gasteiger partial charge is 0.493 e. The van der Waals surface area contributed by atoms with Crippen LogP contribution in [0.15, 0.2) is 112 Å². The van der Waals surface area contributed by atoms with Crippen LogP contribution >= 0.6 is 0 Å². The summed E-state index contributed by atoms with van der Waals surface area (Å²) in [5.74, 6) is 1.31. The summed E-state index contributed by atoms with van der Waals surface area (Å²) in [6.07, 6.45) is 0.973. The summed E-state index contributed by atoms with van der Waals surface area (Å²) in [5, 5.41) is 0.929. The highest BCUT2D eigenvalue weighted by molar-refractivity contribution is 5.95. The van der Waals surface area contributed by atoms with Crippen LogP contribution in [0.4, 0.5) is 0 Å². The van der Waals surface area contributed by atoms with Crippen LogP contribution in [0.5, 0.6) is 5.75 Å². The third-order valence-electron chi connectivity index (χ3n) is 6.40. The lowest BCUT2D eigenvalue weighted by molar-refractivity contribution is 0.262. The first-order chi connectivity index (χ1) is 16.2. The molecule has 3 heteroatoms. The Morgan fingerprint density at radius 1 is 0.697 bits per heavy atom. The molecular weight excluding hydrogens is 408 g/mol. The summed E-state index contributed by atoms with van der Waals surface area (Å²) in [6.45, 7) is 0.682. The number of para-hydroxylation sites is 1. The lowest BCUT2D eigenvalue weighted by Crippen LogP contribution is -2.19. The average molecular weight is 431 g/mol. The van der Waals surface area contributed by atoms with Gasteiger partial charge in [-0.25, -0.2) is 4.79 Å². The summed E-state index contributed by atoms with van der Waals surface area (Å²) in [7, 11) is 0. The lowest BCUT2D eigenvalue weighted by Gasteiger charge is -2.26.